The Hall–Kier alpha value is -2.73. The maximum atomic E-state index is 13.7. The molecule has 25 heavy (non-hydrogen) atoms. The molecule has 1 aliphatic rings. The van der Waals surface area contributed by atoms with Gasteiger partial charge in [-0.15, -0.1) is 0 Å². The van der Waals surface area contributed by atoms with Gasteiger partial charge in [-0.3, -0.25) is 4.90 Å². The number of ether oxygens (including phenoxy) is 1. The molecule has 0 aliphatic carbocycles. The summed E-state index contributed by atoms with van der Waals surface area (Å²) in [5.41, 5.74) is 1.71. The largest absolute Gasteiger partial charge is 0.492 e. The van der Waals surface area contributed by atoms with E-state index in [9.17, 15) is 4.39 Å². The van der Waals surface area contributed by atoms with Crippen LogP contribution < -0.4 is 4.74 Å². The molecule has 4 rings (SSSR count). The molecule has 2 heterocycles. The molecule has 0 saturated heterocycles. The van der Waals surface area contributed by atoms with Crippen molar-refractivity contribution in [2.24, 2.45) is 0 Å². The smallest absolute Gasteiger partial charge is 0.240 e. The minimum absolute atomic E-state index is 0.255. The Kier molecular flexibility index (Phi) is 4.43. The molecular formula is C19H18FN3O2. The lowest BCUT2D eigenvalue weighted by Gasteiger charge is -2.16. The zero-order valence-electron chi connectivity index (χ0n) is 13.7. The number of benzene rings is 2. The van der Waals surface area contributed by atoms with Crippen LogP contribution >= 0.6 is 0 Å². The number of fused-ring (bicyclic) bond motifs is 1. The first-order valence-electron chi connectivity index (χ1n) is 8.26. The monoisotopic (exact) mass is 339 g/mol. The lowest BCUT2D eigenvalue weighted by atomic mass is 10.1. The topological polar surface area (TPSA) is 51.4 Å². The lowest BCUT2D eigenvalue weighted by molar-refractivity contribution is 0.196. The van der Waals surface area contributed by atoms with Gasteiger partial charge in [0.25, 0.3) is 0 Å². The average Bonchev–Trinajstić information content (AvgIpc) is 2.94. The minimum atomic E-state index is -0.255. The Labute approximate surface area is 145 Å². The maximum absolute atomic E-state index is 13.7. The van der Waals surface area contributed by atoms with E-state index in [0.29, 0.717) is 36.9 Å². The highest BCUT2D eigenvalue weighted by Gasteiger charge is 2.18. The van der Waals surface area contributed by atoms with Crippen LogP contribution in [0.1, 0.15) is 22.8 Å². The van der Waals surface area contributed by atoms with E-state index in [1.807, 2.05) is 18.2 Å². The Bertz CT molecular complexity index is 865. The average molecular weight is 339 g/mol. The number of para-hydroxylation sites is 1. The van der Waals surface area contributed by atoms with Gasteiger partial charge in [0.1, 0.15) is 18.2 Å². The second-order valence-electron chi connectivity index (χ2n) is 6.04. The van der Waals surface area contributed by atoms with Crippen molar-refractivity contribution in [2.45, 2.75) is 19.5 Å². The molecular weight excluding hydrogens is 321 g/mol. The maximum Gasteiger partial charge on any atom is 0.240 e. The van der Waals surface area contributed by atoms with Gasteiger partial charge in [0, 0.05) is 25.1 Å². The first kappa shape index (κ1) is 15.8. The molecule has 0 atom stereocenters. The van der Waals surface area contributed by atoms with Gasteiger partial charge in [-0.1, -0.05) is 41.6 Å². The van der Waals surface area contributed by atoms with Crippen LogP contribution in [0.3, 0.4) is 0 Å². The molecule has 0 amide bonds. The molecule has 0 N–H and O–H groups in total. The van der Waals surface area contributed by atoms with Crippen LogP contribution in [0.2, 0.25) is 0 Å². The van der Waals surface area contributed by atoms with Crippen LogP contribution in [0.15, 0.2) is 53.1 Å². The van der Waals surface area contributed by atoms with Gasteiger partial charge >= 0.3 is 0 Å². The lowest BCUT2D eigenvalue weighted by Crippen LogP contribution is -2.25. The van der Waals surface area contributed by atoms with E-state index in [1.165, 1.54) is 6.07 Å². The molecule has 128 valence electrons. The standard InChI is InChI=1S/C19H18FN3O2/c20-16-7-3-1-5-14(16)11-18-21-19(25-22-18)13-23-9-10-24-17-8-4-2-6-15(17)12-23/h1-8H,9-13H2. The van der Waals surface area contributed by atoms with Crippen molar-refractivity contribution in [3.63, 3.8) is 0 Å². The van der Waals surface area contributed by atoms with E-state index in [4.69, 9.17) is 9.26 Å². The van der Waals surface area contributed by atoms with E-state index in [1.54, 1.807) is 18.2 Å². The normalized spacial score (nSPS) is 14.6. The van der Waals surface area contributed by atoms with E-state index >= 15 is 0 Å². The fourth-order valence-electron chi connectivity index (χ4n) is 2.94. The van der Waals surface area contributed by atoms with Crippen molar-refractivity contribution in [2.75, 3.05) is 13.2 Å². The van der Waals surface area contributed by atoms with Crippen LogP contribution in [0.4, 0.5) is 4.39 Å². The summed E-state index contributed by atoms with van der Waals surface area (Å²) in [5.74, 6) is 1.70. The van der Waals surface area contributed by atoms with Gasteiger partial charge in [0.05, 0.1) is 6.54 Å². The van der Waals surface area contributed by atoms with Gasteiger partial charge in [-0.2, -0.15) is 4.98 Å². The van der Waals surface area contributed by atoms with Crippen molar-refractivity contribution in [3.05, 3.63) is 77.2 Å². The first-order chi connectivity index (χ1) is 12.3. The summed E-state index contributed by atoms with van der Waals surface area (Å²) in [7, 11) is 0. The summed E-state index contributed by atoms with van der Waals surface area (Å²) >= 11 is 0. The summed E-state index contributed by atoms with van der Waals surface area (Å²) in [5, 5.41) is 3.98. The van der Waals surface area contributed by atoms with Crippen LogP contribution in [-0.4, -0.2) is 28.2 Å². The van der Waals surface area contributed by atoms with Crippen molar-refractivity contribution < 1.29 is 13.7 Å². The van der Waals surface area contributed by atoms with Crippen molar-refractivity contribution >= 4 is 0 Å². The summed E-state index contributed by atoms with van der Waals surface area (Å²) in [4.78, 5) is 6.60. The quantitative estimate of drug-likeness (QED) is 0.731. The number of hydrogen-bond donors (Lipinski definition) is 0. The molecule has 0 radical (unpaired) electrons. The van der Waals surface area contributed by atoms with E-state index in [0.717, 1.165) is 24.4 Å². The second kappa shape index (κ2) is 7.03. The van der Waals surface area contributed by atoms with Crippen molar-refractivity contribution in [1.82, 2.24) is 15.0 Å². The van der Waals surface area contributed by atoms with E-state index in [-0.39, 0.29) is 5.82 Å². The minimum Gasteiger partial charge on any atom is -0.492 e. The Balaban J connectivity index is 1.44. The summed E-state index contributed by atoms with van der Waals surface area (Å²) in [6.07, 6.45) is 0.322. The molecule has 5 nitrogen and oxygen atoms in total. The third-order valence-corrected chi connectivity index (χ3v) is 4.21. The Morgan fingerprint density at radius 3 is 2.84 bits per heavy atom. The molecule has 2 aromatic carbocycles. The van der Waals surface area contributed by atoms with Crippen LogP contribution in [-0.2, 0) is 19.5 Å². The zero-order valence-corrected chi connectivity index (χ0v) is 13.7. The summed E-state index contributed by atoms with van der Waals surface area (Å²) in [6, 6.07) is 14.7. The molecule has 0 bridgehead atoms. The fourth-order valence-corrected chi connectivity index (χ4v) is 2.94. The van der Waals surface area contributed by atoms with Crippen molar-refractivity contribution in [3.8, 4) is 5.75 Å². The molecule has 0 spiro atoms. The van der Waals surface area contributed by atoms with Crippen LogP contribution in [0.25, 0.3) is 0 Å². The zero-order chi connectivity index (χ0) is 17.1. The summed E-state index contributed by atoms with van der Waals surface area (Å²) in [6.45, 7) is 2.70. The van der Waals surface area contributed by atoms with Gasteiger partial charge in [0.2, 0.25) is 5.89 Å². The van der Waals surface area contributed by atoms with Gasteiger partial charge in [-0.25, -0.2) is 4.39 Å². The van der Waals surface area contributed by atoms with E-state index in [2.05, 4.69) is 21.1 Å². The molecule has 3 aromatic rings. The molecule has 0 fully saturated rings. The van der Waals surface area contributed by atoms with Crippen molar-refractivity contribution in [1.29, 1.82) is 0 Å². The van der Waals surface area contributed by atoms with Gasteiger partial charge in [-0.05, 0) is 17.7 Å². The molecule has 1 aliphatic heterocycles. The number of aromatic nitrogens is 2. The van der Waals surface area contributed by atoms with Crippen LogP contribution in [0, 0.1) is 5.82 Å². The molecule has 0 unspecified atom stereocenters. The summed E-state index contributed by atoms with van der Waals surface area (Å²) < 4.78 is 24.8. The molecule has 6 heteroatoms. The van der Waals surface area contributed by atoms with Crippen LogP contribution in [0.5, 0.6) is 5.75 Å². The highest BCUT2D eigenvalue weighted by Crippen LogP contribution is 2.23. The number of nitrogens with zero attached hydrogens (tertiary/aromatic N) is 3. The number of halogens is 1. The van der Waals surface area contributed by atoms with Gasteiger partial charge < -0.3 is 9.26 Å². The Morgan fingerprint density at radius 2 is 1.92 bits per heavy atom. The third kappa shape index (κ3) is 3.69. The highest BCUT2D eigenvalue weighted by atomic mass is 19.1. The van der Waals surface area contributed by atoms with E-state index < -0.39 is 0 Å². The molecule has 1 aromatic heterocycles. The first-order valence-corrected chi connectivity index (χ1v) is 8.26. The Morgan fingerprint density at radius 1 is 1.08 bits per heavy atom. The number of rotatable bonds is 4. The van der Waals surface area contributed by atoms with Gasteiger partial charge in [0.15, 0.2) is 5.82 Å². The predicted molar refractivity (Wildman–Crippen MR) is 89.6 cm³/mol. The second-order valence-corrected chi connectivity index (χ2v) is 6.04. The predicted octanol–water partition coefficient (Wildman–Crippen LogP) is 3.19. The number of hydrogen-bond acceptors (Lipinski definition) is 5. The highest BCUT2D eigenvalue weighted by molar-refractivity contribution is 5.33. The fraction of sp³-hybridized carbons (Fsp3) is 0.263. The SMILES string of the molecule is Fc1ccccc1Cc1noc(CN2CCOc3ccccc3C2)n1. The third-order valence-electron chi connectivity index (χ3n) is 4.21. The molecule has 0 saturated carbocycles.